The summed E-state index contributed by atoms with van der Waals surface area (Å²) in [6, 6.07) is 4.95. The number of benzene rings is 1. The number of hydrogen-bond acceptors (Lipinski definition) is 4. The van der Waals surface area contributed by atoms with E-state index < -0.39 is 15.8 Å². The van der Waals surface area contributed by atoms with Crippen LogP contribution in [0.4, 0.5) is 0 Å². The maximum Gasteiger partial charge on any atom is 0.335 e. The minimum Gasteiger partial charge on any atom is -0.478 e. The molecule has 0 aliphatic heterocycles. The number of ketones is 1. The van der Waals surface area contributed by atoms with E-state index in [1.165, 1.54) is 0 Å². The summed E-state index contributed by atoms with van der Waals surface area (Å²) >= 11 is 0. The van der Waals surface area contributed by atoms with Crippen molar-refractivity contribution >= 4 is 27.2 Å². The summed E-state index contributed by atoms with van der Waals surface area (Å²) in [6.45, 7) is 0. The van der Waals surface area contributed by atoms with E-state index >= 15 is 0 Å². The summed E-state index contributed by atoms with van der Waals surface area (Å²) in [4.78, 5) is 23.7. The van der Waals surface area contributed by atoms with Crippen molar-refractivity contribution in [1.82, 2.24) is 0 Å². The number of aliphatic carboxylic acids is 1. The predicted octanol–water partition coefficient (Wildman–Crippen LogP) is 3.34. The molecule has 6 heteroatoms. The van der Waals surface area contributed by atoms with Crippen LogP contribution in [0, 0.1) is 5.92 Å². The highest BCUT2D eigenvalue weighted by atomic mass is 32.2. The van der Waals surface area contributed by atoms with Gasteiger partial charge in [-0.15, -0.1) is 0 Å². The fourth-order valence-corrected chi connectivity index (χ4v) is 5.69. The molecule has 1 atom stereocenters. The van der Waals surface area contributed by atoms with Crippen molar-refractivity contribution in [2.24, 2.45) is 5.92 Å². The Morgan fingerprint density at radius 2 is 1.85 bits per heavy atom. The van der Waals surface area contributed by atoms with E-state index in [4.69, 9.17) is 0 Å². The Morgan fingerprint density at radius 3 is 2.38 bits per heavy atom. The molecular weight excluding hydrogens is 352 g/mol. The first kappa shape index (κ1) is 17.5. The lowest BCUT2D eigenvalue weighted by atomic mass is 9.96. The number of hydrogen-bond donors (Lipinski definition) is 1. The highest BCUT2D eigenvalue weighted by molar-refractivity contribution is 7.92. The van der Waals surface area contributed by atoms with Crippen LogP contribution in [0.1, 0.15) is 62.0 Å². The number of sulfone groups is 1. The van der Waals surface area contributed by atoms with Crippen molar-refractivity contribution < 1.29 is 23.1 Å². The third-order valence-electron chi connectivity index (χ3n) is 5.52. The largest absolute Gasteiger partial charge is 0.478 e. The molecule has 0 saturated heterocycles. The second kappa shape index (κ2) is 6.34. The monoisotopic (exact) mass is 374 g/mol. The van der Waals surface area contributed by atoms with Gasteiger partial charge in [-0.1, -0.05) is 12.1 Å². The molecule has 0 heterocycles. The number of carboxylic acid groups (broad SMARTS) is 1. The molecule has 0 unspecified atom stereocenters. The van der Waals surface area contributed by atoms with E-state index in [2.05, 4.69) is 0 Å². The van der Waals surface area contributed by atoms with Gasteiger partial charge in [-0.2, -0.15) is 0 Å². The van der Waals surface area contributed by atoms with Gasteiger partial charge in [-0.3, -0.25) is 4.79 Å². The number of rotatable bonds is 6. The Hall–Kier alpha value is -1.95. The van der Waals surface area contributed by atoms with E-state index in [0.717, 1.165) is 18.4 Å². The van der Waals surface area contributed by atoms with Gasteiger partial charge in [0.15, 0.2) is 9.84 Å². The van der Waals surface area contributed by atoms with Gasteiger partial charge in [-0.05, 0) is 67.2 Å². The molecule has 3 aliphatic rings. The number of allylic oxidation sites excluding steroid dienone is 1. The van der Waals surface area contributed by atoms with Gasteiger partial charge < -0.3 is 5.11 Å². The normalized spacial score (nSPS) is 24.1. The highest BCUT2D eigenvalue weighted by Crippen LogP contribution is 2.46. The van der Waals surface area contributed by atoms with Crippen LogP contribution in [0.15, 0.2) is 29.2 Å². The quantitative estimate of drug-likeness (QED) is 0.772. The first-order valence-corrected chi connectivity index (χ1v) is 10.8. The minimum absolute atomic E-state index is 0.0483. The second-order valence-corrected chi connectivity index (χ2v) is 9.89. The number of carbonyl (C=O) groups is 2. The lowest BCUT2D eigenvalue weighted by molar-refractivity contribution is -0.130. The second-order valence-electron chi connectivity index (χ2n) is 7.70. The van der Waals surface area contributed by atoms with Gasteiger partial charge in [-0.25, -0.2) is 13.2 Å². The molecular formula is C20H22O5S. The van der Waals surface area contributed by atoms with Crippen molar-refractivity contribution in [3.05, 3.63) is 35.4 Å². The zero-order valence-electron chi connectivity index (χ0n) is 14.5. The van der Waals surface area contributed by atoms with Gasteiger partial charge in [0, 0.05) is 12.8 Å². The van der Waals surface area contributed by atoms with Gasteiger partial charge in [0.2, 0.25) is 0 Å². The van der Waals surface area contributed by atoms with Gasteiger partial charge in [0.05, 0.1) is 15.7 Å². The van der Waals surface area contributed by atoms with Crippen molar-refractivity contribution in [2.75, 3.05) is 0 Å². The van der Waals surface area contributed by atoms with Gasteiger partial charge in [0.25, 0.3) is 0 Å². The molecule has 0 aromatic heterocycles. The topological polar surface area (TPSA) is 88.5 Å². The average molecular weight is 374 g/mol. The molecule has 4 rings (SSSR count). The molecule has 3 fully saturated rings. The maximum absolute atomic E-state index is 12.7. The van der Waals surface area contributed by atoms with Gasteiger partial charge in [0.1, 0.15) is 5.78 Å². The van der Waals surface area contributed by atoms with E-state index in [0.29, 0.717) is 42.6 Å². The summed E-state index contributed by atoms with van der Waals surface area (Å²) in [7, 11) is -3.31. The van der Waals surface area contributed by atoms with E-state index in [1.54, 1.807) is 24.3 Å². The Balaban J connectivity index is 1.74. The fourth-order valence-electron chi connectivity index (χ4n) is 3.76. The number of carboxylic acids is 1. The van der Waals surface area contributed by atoms with Crippen molar-refractivity contribution in [3.8, 4) is 0 Å². The summed E-state index contributed by atoms with van der Waals surface area (Å²) in [5.74, 6) is -0.709. The number of Topliss-reactive ketones (excluding diaryl/α,β-unsaturated/α-hetero) is 1. The van der Waals surface area contributed by atoms with Crippen LogP contribution in [-0.2, 0) is 19.4 Å². The molecule has 3 aliphatic carbocycles. The van der Waals surface area contributed by atoms with Crippen molar-refractivity contribution in [1.29, 1.82) is 0 Å². The molecule has 0 amide bonds. The first-order chi connectivity index (χ1) is 12.4. The molecule has 1 N–H and O–H groups in total. The molecule has 26 heavy (non-hydrogen) atoms. The fraction of sp³-hybridized carbons (Fsp3) is 0.500. The molecule has 1 aromatic carbocycles. The average Bonchev–Trinajstić information content (AvgIpc) is 3.49. The standard InChI is InChI=1S/C20H22O5S/c21-15-5-1-12(9-15)10-18(20(22)23)14-4-8-19(17(11-14)13-2-3-13)26(24,25)16-6-7-16/h4,8,10-13,16H,1-3,5-7,9H2,(H,22,23)/b18-10+/t12-/m1/s1. The van der Waals surface area contributed by atoms with E-state index in [9.17, 15) is 23.1 Å². The first-order valence-electron chi connectivity index (χ1n) is 9.21. The summed E-state index contributed by atoms with van der Waals surface area (Å²) in [5.41, 5.74) is 1.47. The van der Waals surface area contributed by atoms with Crippen LogP contribution in [0.3, 0.4) is 0 Å². The molecule has 5 nitrogen and oxygen atoms in total. The number of carbonyl (C=O) groups excluding carboxylic acids is 1. The van der Waals surface area contributed by atoms with Crippen LogP contribution in [-0.4, -0.2) is 30.5 Å². The van der Waals surface area contributed by atoms with Crippen molar-refractivity contribution in [3.63, 3.8) is 0 Å². The summed E-state index contributed by atoms with van der Waals surface area (Å²) < 4.78 is 25.4. The molecule has 138 valence electrons. The minimum atomic E-state index is -3.31. The molecule has 0 spiro atoms. The van der Waals surface area contributed by atoms with E-state index in [-0.39, 0.29) is 28.4 Å². The smallest absolute Gasteiger partial charge is 0.335 e. The Kier molecular flexibility index (Phi) is 4.26. The van der Waals surface area contributed by atoms with Crippen LogP contribution in [0.5, 0.6) is 0 Å². The summed E-state index contributed by atoms with van der Waals surface area (Å²) in [5, 5.41) is 9.38. The Bertz CT molecular complexity index is 904. The van der Waals surface area contributed by atoms with E-state index in [1.807, 2.05) is 0 Å². The lowest BCUT2D eigenvalue weighted by Gasteiger charge is -2.13. The zero-order chi connectivity index (χ0) is 18.5. The Labute approximate surface area is 153 Å². The highest BCUT2D eigenvalue weighted by Gasteiger charge is 2.40. The molecule has 3 saturated carbocycles. The maximum atomic E-state index is 12.7. The van der Waals surface area contributed by atoms with Crippen LogP contribution >= 0.6 is 0 Å². The predicted molar refractivity (Wildman–Crippen MR) is 96.6 cm³/mol. The molecule has 0 bridgehead atoms. The third kappa shape index (κ3) is 3.34. The molecule has 0 radical (unpaired) electrons. The SMILES string of the molecule is O=C1CC[C@@H](/C=C(/C(=O)O)c2ccc(S(=O)(=O)C3CC3)c(C3CC3)c2)C1. The third-order valence-corrected chi connectivity index (χ3v) is 7.86. The zero-order valence-corrected chi connectivity index (χ0v) is 15.3. The van der Waals surface area contributed by atoms with Crippen LogP contribution < -0.4 is 0 Å². The van der Waals surface area contributed by atoms with Crippen molar-refractivity contribution in [2.45, 2.75) is 61.0 Å². The lowest BCUT2D eigenvalue weighted by Crippen LogP contribution is -2.11. The molecule has 1 aromatic rings. The summed E-state index contributed by atoms with van der Waals surface area (Å²) in [6.07, 6.45) is 6.56. The van der Waals surface area contributed by atoms with Crippen LogP contribution in [0.2, 0.25) is 0 Å². The van der Waals surface area contributed by atoms with Gasteiger partial charge >= 0.3 is 5.97 Å². The van der Waals surface area contributed by atoms with Crippen LogP contribution in [0.25, 0.3) is 5.57 Å². The Morgan fingerprint density at radius 1 is 1.12 bits per heavy atom.